The summed E-state index contributed by atoms with van der Waals surface area (Å²) in [5.41, 5.74) is 5.31. The number of rotatable bonds is 7. The van der Waals surface area contributed by atoms with Crippen molar-refractivity contribution in [3.05, 3.63) is 0 Å². The third kappa shape index (κ3) is 5.06. The quantitative estimate of drug-likeness (QED) is 0.209. The van der Waals surface area contributed by atoms with Crippen molar-refractivity contribution in [2.24, 2.45) is 16.3 Å². The summed E-state index contributed by atoms with van der Waals surface area (Å²) in [6.45, 7) is 6.86. The Morgan fingerprint density at radius 3 is 2.63 bits per heavy atom. The van der Waals surface area contributed by atoms with Crippen molar-refractivity contribution in [1.29, 1.82) is 0 Å². The molecule has 0 spiro atoms. The first kappa shape index (κ1) is 15.8. The molecule has 1 heterocycles. The highest BCUT2D eigenvalue weighted by molar-refractivity contribution is 5.85. The van der Waals surface area contributed by atoms with Gasteiger partial charge in [-0.15, -0.1) is 0 Å². The lowest BCUT2D eigenvalue weighted by Gasteiger charge is -2.22. The second-order valence-electron chi connectivity index (χ2n) is 5.74. The Balaban J connectivity index is 2.12. The van der Waals surface area contributed by atoms with Gasteiger partial charge in [0.15, 0.2) is 0 Å². The molecule has 0 bridgehead atoms. The smallest absolute Gasteiger partial charge is 0.236 e. The maximum atomic E-state index is 11.8. The minimum Gasteiger partial charge on any atom is -0.409 e. The fraction of sp³-hybridized carbons (Fsp3) is 0.846. The van der Waals surface area contributed by atoms with Crippen molar-refractivity contribution in [1.82, 2.24) is 10.2 Å². The summed E-state index contributed by atoms with van der Waals surface area (Å²) in [7, 11) is 0. The van der Waals surface area contributed by atoms with Gasteiger partial charge in [0.1, 0.15) is 5.84 Å². The molecule has 1 saturated heterocycles. The lowest BCUT2D eigenvalue weighted by molar-refractivity contribution is -0.129. The lowest BCUT2D eigenvalue weighted by Crippen LogP contribution is -2.37. The van der Waals surface area contributed by atoms with Crippen LogP contribution in [0.15, 0.2) is 5.16 Å². The second-order valence-corrected chi connectivity index (χ2v) is 5.74. The van der Waals surface area contributed by atoms with Crippen molar-refractivity contribution in [2.75, 3.05) is 26.2 Å². The molecule has 19 heavy (non-hydrogen) atoms. The molecule has 1 rings (SSSR count). The Morgan fingerprint density at radius 2 is 2.05 bits per heavy atom. The average molecular weight is 270 g/mol. The molecule has 0 radical (unpaired) electrons. The summed E-state index contributed by atoms with van der Waals surface area (Å²) in [4.78, 5) is 13.7. The van der Waals surface area contributed by atoms with Crippen molar-refractivity contribution in [3.63, 3.8) is 0 Å². The third-order valence-corrected chi connectivity index (χ3v) is 3.69. The number of oxime groups is 1. The first-order valence-electron chi connectivity index (χ1n) is 6.94. The van der Waals surface area contributed by atoms with Crippen molar-refractivity contribution in [3.8, 4) is 0 Å². The van der Waals surface area contributed by atoms with Crippen molar-refractivity contribution < 1.29 is 10.0 Å². The van der Waals surface area contributed by atoms with Crippen LogP contribution in [0, 0.1) is 5.41 Å². The molecule has 1 aliphatic heterocycles. The number of amides is 1. The standard InChI is InChI=1S/C13H26N4O2/c1-13(2,12(14)16-19)6-5-7-15-10-11(18)17-8-3-4-9-17/h15,19H,3-10H2,1-2H3,(H2,14,16). The van der Waals surface area contributed by atoms with Crippen LogP contribution in [0.1, 0.15) is 39.5 Å². The predicted octanol–water partition coefficient (Wildman–Crippen LogP) is 0.751. The maximum absolute atomic E-state index is 11.8. The topological polar surface area (TPSA) is 91.0 Å². The molecule has 4 N–H and O–H groups in total. The first-order valence-corrected chi connectivity index (χ1v) is 6.94. The molecule has 6 heteroatoms. The van der Waals surface area contributed by atoms with Crippen molar-refractivity contribution >= 4 is 11.7 Å². The van der Waals surface area contributed by atoms with Gasteiger partial charge in [-0.25, -0.2) is 0 Å². The van der Waals surface area contributed by atoms with E-state index in [4.69, 9.17) is 10.9 Å². The highest BCUT2D eigenvalue weighted by Gasteiger charge is 2.23. The summed E-state index contributed by atoms with van der Waals surface area (Å²) < 4.78 is 0. The molecule has 0 aromatic heterocycles. The third-order valence-electron chi connectivity index (χ3n) is 3.69. The van der Waals surface area contributed by atoms with Crippen LogP contribution in [0.5, 0.6) is 0 Å². The second kappa shape index (κ2) is 7.33. The van der Waals surface area contributed by atoms with Gasteiger partial charge < -0.3 is 21.2 Å². The van der Waals surface area contributed by atoms with E-state index in [9.17, 15) is 4.79 Å². The van der Waals surface area contributed by atoms with Gasteiger partial charge in [0, 0.05) is 18.5 Å². The Hall–Kier alpha value is -1.30. The summed E-state index contributed by atoms with van der Waals surface area (Å²) in [6.07, 6.45) is 3.95. The molecular formula is C13H26N4O2. The van der Waals surface area contributed by atoms with Crippen LogP contribution in [0.3, 0.4) is 0 Å². The summed E-state index contributed by atoms with van der Waals surface area (Å²) in [6, 6.07) is 0. The Morgan fingerprint density at radius 1 is 1.42 bits per heavy atom. The van der Waals surface area contributed by atoms with Gasteiger partial charge >= 0.3 is 0 Å². The molecule has 0 saturated carbocycles. The van der Waals surface area contributed by atoms with E-state index in [1.165, 1.54) is 0 Å². The van der Waals surface area contributed by atoms with Crippen LogP contribution in [-0.2, 0) is 4.79 Å². The van der Waals surface area contributed by atoms with Crippen LogP contribution < -0.4 is 11.1 Å². The molecule has 1 amide bonds. The van der Waals surface area contributed by atoms with Gasteiger partial charge in [0.05, 0.1) is 6.54 Å². The van der Waals surface area contributed by atoms with E-state index in [2.05, 4.69) is 10.5 Å². The minimum atomic E-state index is -0.310. The Bertz CT molecular complexity index is 323. The van der Waals surface area contributed by atoms with Gasteiger partial charge in [0.2, 0.25) is 5.91 Å². The number of carbonyl (C=O) groups is 1. The SMILES string of the molecule is CC(C)(CCCNCC(=O)N1CCCC1)C(N)=NO. The predicted molar refractivity (Wildman–Crippen MR) is 75.1 cm³/mol. The molecule has 1 fully saturated rings. The number of carbonyl (C=O) groups excluding carboxylic acids is 1. The minimum absolute atomic E-state index is 0.188. The van der Waals surface area contributed by atoms with Crippen LogP contribution in [0.25, 0.3) is 0 Å². The van der Waals surface area contributed by atoms with Gasteiger partial charge in [0.25, 0.3) is 0 Å². The Labute approximate surface area is 115 Å². The van der Waals surface area contributed by atoms with Crippen LogP contribution in [0.4, 0.5) is 0 Å². The van der Waals surface area contributed by atoms with Crippen LogP contribution in [-0.4, -0.2) is 48.0 Å². The number of nitrogens with zero attached hydrogens (tertiary/aromatic N) is 2. The number of likely N-dealkylation sites (tertiary alicyclic amines) is 1. The normalized spacial score (nSPS) is 16.9. The molecule has 0 aliphatic carbocycles. The highest BCUT2D eigenvalue weighted by atomic mass is 16.4. The highest BCUT2D eigenvalue weighted by Crippen LogP contribution is 2.21. The first-order chi connectivity index (χ1) is 8.97. The van der Waals surface area contributed by atoms with Crippen LogP contribution >= 0.6 is 0 Å². The van der Waals surface area contributed by atoms with E-state index in [1.807, 2.05) is 18.7 Å². The van der Waals surface area contributed by atoms with Gasteiger partial charge in [-0.1, -0.05) is 19.0 Å². The maximum Gasteiger partial charge on any atom is 0.236 e. The molecule has 0 aromatic carbocycles. The zero-order valence-electron chi connectivity index (χ0n) is 12.0. The summed E-state index contributed by atoms with van der Waals surface area (Å²) >= 11 is 0. The van der Waals surface area contributed by atoms with Crippen LogP contribution in [0.2, 0.25) is 0 Å². The number of nitrogens with two attached hydrogens (primary N) is 1. The van der Waals surface area contributed by atoms with E-state index in [0.717, 1.165) is 45.3 Å². The fourth-order valence-corrected chi connectivity index (χ4v) is 2.19. The van der Waals surface area contributed by atoms with E-state index >= 15 is 0 Å². The van der Waals surface area contributed by atoms with Crippen molar-refractivity contribution in [2.45, 2.75) is 39.5 Å². The number of hydrogen-bond donors (Lipinski definition) is 3. The zero-order chi connectivity index (χ0) is 14.3. The van der Waals surface area contributed by atoms with E-state index in [1.54, 1.807) is 0 Å². The molecule has 110 valence electrons. The van der Waals surface area contributed by atoms with Gasteiger partial charge in [-0.05, 0) is 32.2 Å². The summed E-state index contributed by atoms with van der Waals surface area (Å²) in [5.74, 6) is 0.439. The number of amidine groups is 1. The molecule has 6 nitrogen and oxygen atoms in total. The van der Waals surface area contributed by atoms with Gasteiger partial charge in [-0.3, -0.25) is 4.79 Å². The largest absolute Gasteiger partial charge is 0.409 e. The lowest BCUT2D eigenvalue weighted by atomic mass is 9.86. The molecule has 0 unspecified atom stereocenters. The van der Waals surface area contributed by atoms with E-state index in [0.29, 0.717) is 6.54 Å². The average Bonchev–Trinajstić information content (AvgIpc) is 2.90. The number of hydrogen-bond acceptors (Lipinski definition) is 4. The Kier molecular flexibility index (Phi) is 6.08. The summed E-state index contributed by atoms with van der Waals surface area (Å²) in [5, 5.41) is 14.9. The molecule has 1 aliphatic rings. The van der Waals surface area contributed by atoms with Gasteiger partial charge in [-0.2, -0.15) is 0 Å². The zero-order valence-corrected chi connectivity index (χ0v) is 12.0. The molecule has 0 aromatic rings. The molecule has 0 atom stereocenters. The van der Waals surface area contributed by atoms with E-state index < -0.39 is 0 Å². The fourth-order valence-electron chi connectivity index (χ4n) is 2.19. The van der Waals surface area contributed by atoms with E-state index in [-0.39, 0.29) is 17.2 Å². The monoisotopic (exact) mass is 270 g/mol. The number of nitrogens with one attached hydrogen (secondary N) is 1. The molecular weight excluding hydrogens is 244 g/mol.